The molecule has 0 fully saturated rings. The molecule has 1 amide bonds. The van der Waals surface area contributed by atoms with Crippen molar-refractivity contribution in [1.29, 1.82) is 0 Å². The third-order valence-electron chi connectivity index (χ3n) is 3.79. The highest BCUT2D eigenvalue weighted by Crippen LogP contribution is 2.33. The molecule has 0 aliphatic heterocycles. The van der Waals surface area contributed by atoms with E-state index in [-0.39, 0.29) is 11.7 Å². The van der Waals surface area contributed by atoms with Crippen LogP contribution in [0.5, 0.6) is 5.75 Å². The smallest absolute Gasteiger partial charge is 0.387 e. The molecule has 2 aromatic carbocycles. The topological polar surface area (TPSA) is 51.2 Å². The van der Waals surface area contributed by atoms with Crippen LogP contribution in [-0.2, 0) is 0 Å². The molecule has 0 saturated heterocycles. The Morgan fingerprint density at radius 2 is 2.04 bits per heavy atom. The van der Waals surface area contributed by atoms with Crippen LogP contribution in [0.4, 0.5) is 13.9 Å². The van der Waals surface area contributed by atoms with Crippen LogP contribution in [0.1, 0.15) is 15.9 Å². The van der Waals surface area contributed by atoms with Crippen molar-refractivity contribution in [3.63, 3.8) is 0 Å². The Labute approximate surface area is 163 Å². The lowest BCUT2D eigenvalue weighted by molar-refractivity contribution is -0.0494. The first kappa shape index (κ1) is 19.3. The highest BCUT2D eigenvalue weighted by Gasteiger charge is 2.16. The standard InChI is InChI=1S/C19H16F2N2O2S2/c1-11-7-8-12(26-2)9-14(11)17(24)23-19-22-15(10-27-19)13-5-3-4-6-16(13)25-18(20)21/h3-10,18H,1-2H3,(H,22,23,24). The average Bonchev–Trinajstić information content (AvgIpc) is 3.10. The number of halogens is 2. The minimum Gasteiger partial charge on any atom is -0.434 e. The summed E-state index contributed by atoms with van der Waals surface area (Å²) >= 11 is 2.77. The highest BCUT2D eigenvalue weighted by atomic mass is 32.2. The molecule has 8 heteroatoms. The van der Waals surface area contributed by atoms with Gasteiger partial charge >= 0.3 is 6.61 Å². The molecule has 0 aliphatic rings. The number of thiazole rings is 1. The molecule has 27 heavy (non-hydrogen) atoms. The van der Waals surface area contributed by atoms with Gasteiger partial charge in [0.2, 0.25) is 0 Å². The summed E-state index contributed by atoms with van der Waals surface area (Å²) < 4.78 is 29.7. The van der Waals surface area contributed by atoms with Gasteiger partial charge in [-0.05, 0) is 43.0 Å². The van der Waals surface area contributed by atoms with Crippen LogP contribution in [0.2, 0.25) is 0 Å². The van der Waals surface area contributed by atoms with Crippen LogP contribution in [0, 0.1) is 6.92 Å². The minimum absolute atomic E-state index is 0.0409. The van der Waals surface area contributed by atoms with Gasteiger partial charge in [0.1, 0.15) is 5.75 Å². The number of aryl methyl sites for hydroxylation is 1. The first-order valence-electron chi connectivity index (χ1n) is 7.93. The summed E-state index contributed by atoms with van der Waals surface area (Å²) in [7, 11) is 0. The van der Waals surface area contributed by atoms with Crippen molar-refractivity contribution in [2.24, 2.45) is 0 Å². The predicted molar refractivity (Wildman–Crippen MR) is 105 cm³/mol. The Hall–Kier alpha value is -2.45. The molecule has 0 aliphatic carbocycles. The summed E-state index contributed by atoms with van der Waals surface area (Å²) in [6, 6.07) is 12.1. The number of aromatic nitrogens is 1. The summed E-state index contributed by atoms with van der Waals surface area (Å²) in [6.07, 6.45) is 1.94. The Morgan fingerprint density at radius 1 is 1.26 bits per heavy atom. The number of rotatable bonds is 6. The largest absolute Gasteiger partial charge is 0.434 e. The Bertz CT molecular complexity index is 960. The van der Waals surface area contributed by atoms with E-state index >= 15 is 0 Å². The van der Waals surface area contributed by atoms with Crippen LogP contribution in [0.3, 0.4) is 0 Å². The van der Waals surface area contributed by atoms with Gasteiger partial charge in [-0.3, -0.25) is 10.1 Å². The first-order chi connectivity index (χ1) is 13.0. The number of nitrogens with zero attached hydrogens (tertiary/aromatic N) is 1. The van der Waals surface area contributed by atoms with E-state index in [1.807, 2.05) is 31.4 Å². The number of alkyl halides is 2. The highest BCUT2D eigenvalue weighted by molar-refractivity contribution is 7.98. The van der Waals surface area contributed by atoms with E-state index in [1.54, 1.807) is 35.3 Å². The van der Waals surface area contributed by atoms with Crippen molar-refractivity contribution >= 4 is 34.1 Å². The Kier molecular flexibility index (Phi) is 6.08. The summed E-state index contributed by atoms with van der Waals surface area (Å²) in [5, 5.41) is 4.84. The molecule has 140 valence electrons. The molecule has 1 aromatic heterocycles. The Balaban J connectivity index is 1.82. The number of thioether (sulfide) groups is 1. The number of hydrogen-bond acceptors (Lipinski definition) is 5. The summed E-state index contributed by atoms with van der Waals surface area (Å²) in [5.74, 6) is -0.222. The molecular weight excluding hydrogens is 390 g/mol. The van der Waals surface area contributed by atoms with E-state index < -0.39 is 6.61 Å². The van der Waals surface area contributed by atoms with E-state index in [4.69, 9.17) is 0 Å². The zero-order chi connectivity index (χ0) is 19.4. The third kappa shape index (κ3) is 4.64. The van der Waals surface area contributed by atoms with Crippen molar-refractivity contribution in [2.75, 3.05) is 11.6 Å². The summed E-state index contributed by atoms with van der Waals surface area (Å²) in [5.41, 5.74) is 2.33. The molecule has 3 aromatic rings. The molecule has 0 saturated carbocycles. The Morgan fingerprint density at radius 3 is 2.78 bits per heavy atom. The van der Waals surface area contributed by atoms with E-state index in [9.17, 15) is 13.6 Å². The van der Waals surface area contributed by atoms with Gasteiger partial charge in [-0.1, -0.05) is 18.2 Å². The molecule has 0 bridgehead atoms. The number of carbonyl (C=O) groups excluding carboxylic acids is 1. The van der Waals surface area contributed by atoms with Crippen LogP contribution >= 0.6 is 23.1 Å². The number of anilines is 1. The number of ether oxygens (including phenoxy) is 1. The molecule has 0 spiro atoms. The number of nitrogens with one attached hydrogen (secondary N) is 1. The van der Waals surface area contributed by atoms with Gasteiger partial charge < -0.3 is 4.74 Å². The number of benzene rings is 2. The maximum absolute atomic E-state index is 12.6. The normalized spacial score (nSPS) is 10.9. The molecule has 1 heterocycles. The predicted octanol–water partition coefficient (Wildman–Crippen LogP) is 5.69. The lowest BCUT2D eigenvalue weighted by atomic mass is 10.1. The molecule has 0 radical (unpaired) electrons. The van der Waals surface area contributed by atoms with Gasteiger partial charge in [-0.15, -0.1) is 23.1 Å². The minimum atomic E-state index is -2.92. The van der Waals surface area contributed by atoms with Gasteiger partial charge in [-0.25, -0.2) is 4.98 Å². The zero-order valence-electron chi connectivity index (χ0n) is 14.5. The monoisotopic (exact) mass is 406 g/mol. The first-order valence-corrected chi connectivity index (χ1v) is 10.0. The molecule has 1 N–H and O–H groups in total. The van der Waals surface area contributed by atoms with Crippen LogP contribution < -0.4 is 10.1 Å². The third-order valence-corrected chi connectivity index (χ3v) is 5.28. The lowest BCUT2D eigenvalue weighted by Crippen LogP contribution is -2.13. The van der Waals surface area contributed by atoms with Crippen molar-refractivity contribution in [2.45, 2.75) is 18.4 Å². The van der Waals surface area contributed by atoms with Gasteiger partial charge in [0.25, 0.3) is 5.91 Å². The fourth-order valence-corrected chi connectivity index (χ4v) is 3.61. The fourth-order valence-electron chi connectivity index (χ4n) is 2.47. The van der Waals surface area contributed by atoms with Gasteiger partial charge in [0.15, 0.2) is 5.13 Å². The van der Waals surface area contributed by atoms with Crippen molar-refractivity contribution in [1.82, 2.24) is 4.98 Å². The molecule has 0 atom stereocenters. The fraction of sp³-hybridized carbons (Fsp3) is 0.158. The van der Waals surface area contributed by atoms with Crippen molar-refractivity contribution < 1.29 is 18.3 Å². The maximum atomic E-state index is 12.6. The summed E-state index contributed by atoms with van der Waals surface area (Å²) in [6.45, 7) is -1.06. The van der Waals surface area contributed by atoms with Crippen LogP contribution in [-0.4, -0.2) is 23.8 Å². The number of carbonyl (C=O) groups is 1. The maximum Gasteiger partial charge on any atom is 0.387 e. The quantitative estimate of drug-likeness (QED) is 0.534. The van der Waals surface area contributed by atoms with Gasteiger partial charge in [0, 0.05) is 21.4 Å². The van der Waals surface area contributed by atoms with Crippen molar-refractivity contribution in [3.05, 3.63) is 59.0 Å². The summed E-state index contributed by atoms with van der Waals surface area (Å²) in [4.78, 5) is 17.9. The van der Waals surface area contributed by atoms with E-state index in [1.165, 1.54) is 17.4 Å². The van der Waals surface area contributed by atoms with Crippen LogP contribution in [0.15, 0.2) is 52.7 Å². The number of amides is 1. The van der Waals surface area contributed by atoms with E-state index in [2.05, 4.69) is 15.0 Å². The number of hydrogen-bond donors (Lipinski definition) is 1. The molecule has 0 unspecified atom stereocenters. The zero-order valence-corrected chi connectivity index (χ0v) is 16.2. The SMILES string of the molecule is CSc1ccc(C)c(C(=O)Nc2nc(-c3ccccc3OC(F)F)cs2)c1. The number of para-hydroxylation sites is 1. The van der Waals surface area contributed by atoms with Gasteiger partial charge in [-0.2, -0.15) is 8.78 Å². The van der Waals surface area contributed by atoms with E-state index in [0.29, 0.717) is 22.0 Å². The van der Waals surface area contributed by atoms with Crippen LogP contribution in [0.25, 0.3) is 11.3 Å². The molecular formula is C19H16F2N2O2S2. The van der Waals surface area contributed by atoms with Gasteiger partial charge in [0.05, 0.1) is 5.69 Å². The average molecular weight is 406 g/mol. The lowest BCUT2D eigenvalue weighted by Gasteiger charge is -2.08. The molecule has 3 rings (SSSR count). The molecule has 4 nitrogen and oxygen atoms in total. The second kappa shape index (κ2) is 8.49. The second-order valence-corrected chi connectivity index (χ2v) is 7.29. The van der Waals surface area contributed by atoms with Crippen molar-refractivity contribution in [3.8, 4) is 17.0 Å². The van der Waals surface area contributed by atoms with E-state index in [0.717, 1.165) is 10.5 Å². The second-order valence-electron chi connectivity index (χ2n) is 5.55.